The van der Waals surface area contributed by atoms with E-state index in [2.05, 4.69) is 17.6 Å². The molecule has 0 aromatic carbocycles. The SMILES string of the molecule is Cn1cc(CNC23CC4CC(CC(C4)C2)C3)cc1C#N. The topological polar surface area (TPSA) is 40.8 Å². The summed E-state index contributed by atoms with van der Waals surface area (Å²) in [5.41, 5.74) is 2.42. The predicted molar refractivity (Wildman–Crippen MR) is 77.9 cm³/mol. The van der Waals surface area contributed by atoms with E-state index in [-0.39, 0.29) is 0 Å². The molecule has 4 aliphatic rings. The quantitative estimate of drug-likeness (QED) is 0.916. The van der Waals surface area contributed by atoms with Crippen molar-refractivity contribution in [2.45, 2.75) is 50.6 Å². The highest BCUT2D eigenvalue weighted by atomic mass is 15.0. The van der Waals surface area contributed by atoms with Gasteiger partial charge in [0.1, 0.15) is 11.8 Å². The van der Waals surface area contributed by atoms with Crippen LogP contribution in [0.1, 0.15) is 49.8 Å². The molecular weight excluding hydrogens is 246 g/mol. The van der Waals surface area contributed by atoms with Crippen LogP contribution >= 0.6 is 0 Å². The molecule has 0 aliphatic heterocycles. The van der Waals surface area contributed by atoms with Crippen molar-refractivity contribution < 1.29 is 0 Å². The van der Waals surface area contributed by atoms with Gasteiger partial charge in [-0.2, -0.15) is 5.26 Å². The van der Waals surface area contributed by atoms with Crippen molar-refractivity contribution in [2.24, 2.45) is 24.8 Å². The second-order valence-electron chi connectivity index (χ2n) is 7.51. The third kappa shape index (κ3) is 1.98. The monoisotopic (exact) mass is 269 g/mol. The summed E-state index contributed by atoms with van der Waals surface area (Å²) in [6.45, 7) is 0.918. The highest BCUT2D eigenvalue weighted by molar-refractivity contribution is 5.28. The lowest BCUT2D eigenvalue weighted by atomic mass is 9.53. The van der Waals surface area contributed by atoms with E-state index in [0.29, 0.717) is 5.54 Å². The highest BCUT2D eigenvalue weighted by Crippen LogP contribution is 2.55. The lowest BCUT2D eigenvalue weighted by Gasteiger charge is -2.57. The molecule has 3 nitrogen and oxygen atoms in total. The molecular formula is C17H23N3. The summed E-state index contributed by atoms with van der Waals surface area (Å²) in [4.78, 5) is 0. The molecule has 4 aliphatic carbocycles. The van der Waals surface area contributed by atoms with Crippen LogP contribution in [0.4, 0.5) is 0 Å². The van der Waals surface area contributed by atoms with E-state index in [0.717, 1.165) is 30.0 Å². The molecule has 0 amide bonds. The average Bonchev–Trinajstić information content (AvgIpc) is 2.75. The summed E-state index contributed by atoms with van der Waals surface area (Å²) in [6, 6.07) is 4.27. The molecule has 1 heterocycles. The minimum Gasteiger partial charge on any atom is -0.342 e. The number of nitrogens with zero attached hydrogens (tertiary/aromatic N) is 2. The Morgan fingerprint density at radius 2 is 1.85 bits per heavy atom. The van der Waals surface area contributed by atoms with Gasteiger partial charge < -0.3 is 9.88 Å². The predicted octanol–water partition coefficient (Wildman–Crippen LogP) is 2.96. The lowest BCUT2D eigenvalue weighted by Crippen LogP contribution is -2.58. The van der Waals surface area contributed by atoms with E-state index in [9.17, 15) is 0 Å². The zero-order valence-electron chi connectivity index (χ0n) is 12.2. The maximum Gasteiger partial charge on any atom is 0.120 e. The zero-order chi connectivity index (χ0) is 13.7. The van der Waals surface area contributed by atoms with Crippen LogP contribution in [0.3, 0.4) is 0 Å². The molecule has 0 radical (unpaired) electrons. The molecule has 4 bridgehead atoms. The number of rotatable bonds is 3. The second-order valence-corrected chi connectivity index (χ2v) is 7.51. The van der Waals surface area contributed by atoms with Crippen molar-refractivity contribution in [1.82, 2.24) is 9.88 Å². The van der Waals surface area contributed by atoms with Gasteiger partial charge in [-0.1, -0.05) is 0 Å². The molecule has 1 aromatic heterocycles. The fourth-order valence-corrected chi connectivity index (χ4v) is 5.46. The van der Waals surface area contributed by atoms with Crippen molar-refractivity contribution in [3.8, 4) is 6.07 Å². The molecule has 0 spiro atoms. The fourth-order valence-electron chi connectivity index (χ4n) is 5.46. The molecule has 4 saturated carbocycles. The first kappa shape index (κ1) is 12.5. The molecule has 1 N–H and O–H groups in total. The van der Waals surface area contributed by atoms with Crippen LogP contribution < -0.4 is 5.32 Å². The maximum atomic E-state index is 9.04. The van der Waals surface area contributed by atoms with Crippen LogP contribution in [-0.4, -0.2) is 10.1 Å². The van der Waals surface area contributed by atoms with Crippen molar-refractivity contribution in [2.75, 3.05) is 0 Å². The molecule has 0 saturated heterocycles. The Morgan fingerprint density at radius 1 is 1.25 bits per heavy atom. The number of hydrogen-bond donors (Lipinski definition) is 1. The normalized spacial score (nSPS) is 38.1. The summed E-state index contributed by atoms with van der Waals surface area (Å²) in [5.74, 6) is 2.96. The van der Waals surface area contributed by atoms with Crippen molar-refractivity contribution >= 4 is 0 Å². The molecule has 1 aromatic rings. The Hall–Kier alpha value is -1.27. The molecule has 0 atom stereocenters. The summed E-state index contributed by atoms with van der Waals surface area (Å²) >= 11 is 0. The van der Waals surface area contributed by atoms with Crippen LogP contribution in [-0.2, 0) is 13.6 Å². The first-order valence-corrected chi connectivity index (χ1v) is 7.96. The summed E-state index contributed by atoms with van der Waals surface area (Å²) in [7, 11) is 1.95. The van der Waals surface area contributed by atoms with Gasteiger partial charge in [0.25, 0.3) is 0 Å². The van der Waals surface area contributed by atoms with Gasteiger partial charge in [-0.25, -0.2) is 0 Å². The van der Waals surface area contributed by atoms with Crippen LogP contribution in [0.5, 0.6) is 0 Å². The Morgan fingerprint density at radius 3 is 2.35 bits per heavy atom. The van der Waals surface area contributed by atoms with Gasteiger partial charge in [0.2, 0.25) is 0 Å². The smallest absolute Gasteiger partial charge is 0.120 e. The molecule has 4 fully saturated rings. The van der Waals surface area contributed by atoms with Crippen LogP contribution in [0.2, 0.25) is 0 Å². The zero-order valence-corrected chi connectivity index (χ0v) is 12.2. The first-order chi connectivity index (χ1) is 9.66. The average molecular weight is 269 g/mol. The van der Waals surface area contributed by atoms with Crippen LogP contribution in [0, 0.1) is 29.1 Å². The number of nitrogens with one attached hydrogen (secondary N) is 1. The number of hydrogen-bond acceptors (Lipinski definition) is 2. The van der Waals surface area contributed by atoms with Gasteiger partial charge >= 0.3 is 0 Å². The maximum absolute atomic E-state index is 9.04. The van der Waals surface area contributed by atoms with Gasteiger partial charge in [0.05, 0.1) is 0 Å². The van der Waals surface area contributed by atoms with E-state index in [1.165, 1.54) is 44.1 Å². The molecule has 0 unspecified atom stereocenters. The first-order valence-electron chi connectivity index (χ1n) is 7.96. The van der Waals surface area contributed by atoms with Gasteiger partial charge in [-0.05, 0) is 67.9 Å². The minimum absolute atomic E-state index is 0.414. The largest absolute Gasteiger partial charge is 0.342 e. The second kappa shape index (κ2) is 4.36. The highest BCUT2D eigenvalue weighted by Gasteiger charge is 2.50. The molecule has 3 heteroatoms. The number of aryl methyl sites for hydroxylation is 1. The standard InChI is InChI=1S/C17H23N3/c1-20-11-15(5-16(20)9-18)10-19-17-6-12-2-13(7-17)4-14(3-12)8-17/h5,11-14,19H,2-4,6-8,10H2,1H3. The third-order valence-electron chi connectivity index (χ3n) is 5.88. The Balaban J connectivity index is 1.48. The summed E-state index contributed by atoms with van der Waals surface area (Å²) < 4.78 is 1.93. The van der Waals surface area contributed by atoms with Crippen molar-refractivity contribution in [3.63, 3.8) is 0 Å². The van der Waals surface area contributed by atoms with Crippen molar-refractivity contribution in [3.05, 3.63) is 23.5 Å². The van der Waals surface area contributed by atoms with Gasteiger partial charge in [0, 0.05) is 25.3 Å². The lowest BCUT2D eigenvalue weighted by molar-refractivity contribution is -0.0206. The summed E-state index contributed by atoms with van der Waals surface area (Å²) in [5, 5.41) is 12.9. The summed E-state index contributed by atoms with van der Waals surface area (Å²) in [6.07, 6.45) is 10.7. The van der Waals surface area contributed by atoms with Gasteiger partial charge in [-0.15, -0.1) is 0 Å². The molecule has 5 rings (SSSR count). The third-order valence-corrected chi connectivity index (χ3v) is 5.88. The van der Waals surface area contributed by atoms with Gasteiger partial charge in [-0.3, -0.25) is 0 Å². The van der Waals surface area contributed by atoms with Crippen molar-refractivity contribution in [1.29, 1.82) is 5.26 Å². The van der Waals surface area contributed by atoms with Crippen LogP contribution in [0.25, 0.3) is 0 Å². The van der Waals surface area contributed by atoms with E-state index in [4.69, 9.17) is 5.26 Å². The Kier molecular flexibility index (Phi) is 2.72. The number of nitriles is 1. The van der Waals surface area contributed by atoms with E-state index in [1.54, 1.807) is 0 Å². The van der Waals surface area contributed by atoms with E-state index >= 15 is 0 Å². The molecule has 20 heavy (non-hydrogen) atoms. The minimum atomic E-state index is 0.414. The Labute approximate surface area is 121 Å². The van der Waals surface area contributed by atoms with Crippen LogP contribution in [0.15, 0.2) is 12.3 Å². The molecule has 106 valence electrons. The van der Waals surface area contributed by atoms with E-state index in [1.807, 2.05) is 17.7 Å². The Bertz CT molecular complexity index is 528. The number of aromatic nitrogens is 1. The van der Waals surface area contributed by atoms with Gasteiger partial charge in [0.15, 0.2) is 0 Å². The van der Waals surface area contributed by atoms with E-state index < -0.39 is 0 Å². The fraction of sp³-hybridized carbons (Fsp3) is 0.706.